The zero-order valence-corrected chi connectivity index (χ0v) is 6.43. The first-order valence-electron chi connectivity index (χ1n) is 3.03. The molecular formula is C8H8ClO. The van der Waals surface area contributed by atoms with Gasteiger partial charge in [-0.1, -0.05) is 17.7 Å². The summed E-state index contributed by atoms with van der Waals surface area (Å²) in [5.41, 5.74) is 0. The van der Waals surface area contributed by atoms with Crippen LogP contribution in [-0.4, -0.2) is 0 Å². The van der Waals surface area contributed by atoms with Gasteiger partial charge in [0.1, 0.15) is 12.4 Å². The Labute approximate surface area is 65.6 Å². The average molecular weight is 156 g/mol. The second-order valence-electron chi connectivity index (χ2n) is 1.81. The minimum absolute atomic E-state index is 0.694. The van der Waals surface area contributed by atoms with Gasteiger partial charge >= 0.3 is 0 Å². The summed E-state index contributed by atoms with van der Waals surface area (Å²) in [5.74, 6) is 0.773. The van der Waals surface area contributed by atoms with Crippen LogP contribution >= 0.6 is 11.6 Å². The fourth-order valence-electron chi connectivity index (χ4n) is 0.676. The minimum Gasteiger partial charge on any atom is -0.487 e. The minimum atomic E-state index is 0.694. The maximum Gasteiger partial charge on any atom is 0.132 e. The number of rotatable bonds is 2. The van der Waals surface area contributed by atoms with Gasteiger partial charge in [0.05, 0.1) is 0 Å². The molecule has 0 saturated heterocycles. The highest BCUT2D eigenvalue weighted by Crippen LogP contribution is 2.17. The predicted octanol–water partition coefficient (Wildman–Crippen LogP) is 2.90. The van der Waals surface area contributed by atoms with E-state index in [1.54, 1.807) is 12.7 Å². The Morgan fingerprint density at radius 1 is 1.50 bits per heavy atom. The molecule has 2 heteroatoms. The molecule has 53 valence electrons. The first-order valence-corrected chi connectivity index (χ1v) is 3.41. The summed E-state index contributed by atoms with van der Waals surface area (Å²) in [5, 5.41) is 0.694. The van der Waals surface area contributed by atoms with E-state index in [1.165, 1.54) is 0 Å². The van der Waals surface area contributed by atoms with E-state index in [2.05, 4.69) is 0 Å². The van der Waals surface area contributed by atoms with Gasteiger partial charge < -0.3 is 4.74 Å². The van der Waals surface area contributed by atoms with Crippen molar-refractivity contribution in [1.29, 1.82) is 0 Å². The van der Waals surface area contributed by atoms with Crippen molar-refractivity contribution < 1.29 is 4.74 Å². The van der Waals surface area contributed by atoms with Crippen LogP contribution in [0.2, 0.25) is 5.02 Å². The van der Waals surface area contributed by atoms with Crippen LogP contribution in [0.3, 0.4) is 0 Å². The zero-order chi connectivity index (χ0) is 7.40. The average Bonchev–Trinajstić information content (AvgIpc) is 1.88. The van der Waals surface area contributed by atoms with E-state index in [1.807, 2.05) is 25.1 Å². The van der Waals surface area contributed by atoms with Crippen LogP contribution < -0.4 is 4.74 Å². The van der Waals surface area contributed by atoms with Gasteiger partial charge in [-0.3, -0.25) is 0 Å². The van der Waals surface area contributed by atoms with Crippen molar-refractivity contribution in [1.82, 2.24) is 0 Å². The van der Waals surface area contributed by atoms with Gasteiger partial charge in [-0.05, 0) is 25.1 Å². The smallest absolute Gasteiger partial charge is 0.132 e. The number of hydrogen-bond acceptors (Lipinski definition) is 1. The summed E-state index contributed by atoms with van der Waals surface area (Å²) in [6.45, 7) is 3.44. The van der Waals surface area contributed by atoms with E-state index in [4.69, 9.17) is 16.3 Å². The molecule has 0 heterocycles. The zero-order valence-electron chi connectivity index (χ0n) is 5.67. The summed E-state index contributed by atoms with van der Waals surface area (Å²) in [6, 6.07) is 7.28. The molecule has 0 aliphatic carbocycles. The Kier molecular flexibility index (Phi) is 2.57. The van der Waals surface area contributed by atoms with Gasteiger partial charge in [0.25, 0.3) is 0 Å². The highest BCUT2D eigenvalue weighted by molar-refractivity contribution is 6.30. The number of hydrogen-bond donors (Lipinski definition) is 0. The second kappa shape index (κ2) is 3.47. The summed E-state index contributed by atoms with van der Waals surface area (Å²) in [7, 11) is 0. The van der Waals surface area contributed by atoms with Gasteiger partial charge in [-0.25, -0.2) is 0 Å². The van der Waals surface area contributed by atoms with Crippen LogP contribution in [0.5, 0.6) is 5.75 Å². The molecule has 0 spiro atoms. The molecule has 1 aromatic rings. The van der Waals surface area contributed by atoms with Gasteiger partial charge in [-0.15, -0.1) is 0 Å². The SMILES string of the molecule is C[CH]Oc1cccc(Cl)c1. The number of halogens is 1. The Morgan fingerprint density at radius 2 is 2.30 bits per heavy atom. The molecule has 0 aliphatic rings. The van der Waals surface area contributed by atoms with E-state index < -0.39 is 0 Å². The molecule has 0 unspecified atom stereocenters. The third-order valence-corrected chi connectivity index (χ3v) is 1.29. The summed E-state index contributed by atoms with van der Waals surface area (Å²) in [6.07, 6.45) is 0. The van der Waals surface area contributed by atoms with Crippen LogP contribution in [-0.2, 0) is 0 Å². The van der Waals surface area contributed by atoms with Crippen molar-refractivity contribution in [3.8, 4) is 5.75 Å². The lowest BCUT2D eigenvalue weighted by atomic mass is 10.3. The van der Waals surface area contributed by atoms with Crippen molar-refractivity contribution in [2.75, 3.05) is 0 Å². The van der Waals surface area contributed by atoms with E-state index >= 15 is 0 Å². The first-order chi connectivity index (χ1) is 4.83. The van der Waals surface area contributed by atoms with E-state index in [0.29, 0.717) is 5.02 Å². The monoisotopic (exact) mass is 155 g/mol. The first kappa shape index (κ1) is 7.42. The van der Waals surface area contributed by atoms with E-state index in [-0.39, 0.29) is 0 Å². The Bertz CT molecular complexity index is 210. The lowest BCUT2D eigenvalue weighted by Crippen LogP contribution is -1.83. The fourth-order valence-corrected chi connectivity index (χ4v) is 0.857. The third-order valence-electron chi connectivity index (χ3n) is 1.05. The van der Waals surface area contributed by atoms with Gasteiger partial charge in [0, 0.05) is 5.02 Å². The quantitative estimate of drug-likeness (QED) is 0.638. The maximum atomic E-state index is 5.69. The molecular weight excluding hydrogens is 148 g/mol. The van der Waals surface area contributed by atoms with Gasteiger partial charge in [0.2, 0.25) is 0 Å². The molecule has 0 N–H and O–H groups in total. The van der Waals surface area contributed by atoms with Gasteiger partial charge in [-0.2, -0.15) is 0 Å². The second-order valence-corrected chi connectivity index (χ2v) is 2.25. The molecule has 1 rings (SSSR count). The lowest BCUT2D eigenvalue weighted by Gasteiger charge is -2.00. The Morgan fingerprint density at radius 3 is 2.90 bits per heavy atom. The molecule has 1 nitrogen and oxygen atoms in total. The van der Waals surface area contributed by atoms with Crippen molar-refractivity contribution in [2.45, 2.75) is 6.92 Å². The predicted molar refractivity (Wildman–Crippen MR) is 42.1 cm³/mol. The largest absolute Gasteiger partial charge is 0.487 e. The van der Waals surface area contributed by atoms with Crippen molar-refractivity contribution in [3.63, 3.8) is 0 Å². The van der Waals surface area contributed by atoms with Crippen LogP contribution in [0.25, 0.3) is 0 Å². The summed E-state index contributed by atoms with van der Waals surface area (Å²) >= 11 is 5.69. The van der Waals surface area contributed by atoms with Crippen LogP contribution in [0, 0.1) is 6.61 Å². The summed E-state index contributed by atoms with van der Waals surface area (Å²) in [4.78, 5) is 0. The molecule has 0 amide bonds. The fraction of sp³-hybridized carbons (Fsp3) is 0.125. The number of ether oxygens (including phenoxy) is 1. The highest BCUT2D eigenvalue weighted by atomic mass is 35.5. The van der Waals surface area contributed by atoms with Crippen LogP contribution in [0.1, 0.15) is 6.92 Å². The topological polar surface area (TPSA) is 9.23 Å². The van der Waals surface area contributed by atoms with Crippen LogP contribution in [0.15, 0.2) is 24.3 Å². The van der Waals surface area contributed by atoms with E-state index in [0.717, 1.165) is 5.75 Å². The molecule has 0 aliphatic heterocycles. The highest BCUT2D eigenvalue weighted by Gasteiger charge is 1.90. The Balaban J connectivity index is 2.75. The van der Waals surface area contributed by atoms with Gasteiger partial charge in [0.15, 0.2) is 0 Å². The van der Waals surface area contributed by atoms with E-state index in [9.17, 15) is 0 Å². The van der Waals surface area contributed by atoms with Crippen molar-refractivity contribution in [2.24, 2.45) is 0 Å². The molecule has 1 radical (unpaired) electrons. The molecule has 0 atom stereocenters. The standard InChI is InChI=1S/C8H8ClO/c1-2-10-8-5-3-4-7(9)6-8/h2-6H,1H3. The van der Waals surface area contributed by atoms with Crippen molar-refractivity contribution in [3.05, 3.63) is 35.9 Å². The molecule has 10 heavy (non-hydrogen) atoms. The molecule has 0 aromatic heterocycles. The van der Waals surface area contributed by atoms with Crippen LogP contribution in [0.4, 0.5) is 0 Å². The van der Waals surface area contributed by atoms with Crippen molar-refractivity contribution >= 4 is 11.6 Å². The maximum absolute atomic E-state index is 5.69. The lowest BCUT2D eigenvalue weighted by molar-refractivity contribution is 0.416. The summed E-state index contributed by atoms with van der Waals surface area (Å²) < 4.78 is 5.08. The molecule has 1 aromatic carbocycles. The normalized spacial score (nSPS) is 9.40. The number of benzene rings is 1. The molecule has 0 fully saturated rings. The molecule has 0 bridgehead atoms. The Hall–Kier alpha value is -0.690. The third kappa shape index (κ3) is 1.92. The molecule has 0 saturated carbocycles.